The van der Waals surface area contributed by atoms with Crippen LogP contribution in [0.5, 0.6) is 0 Å². The van der Waals surface area contributed by atoms with Gasteiger partial charge in [0.15, 0.2) is 0 Å². The average molecular weight is 446 g/mol. The molecule has 0 aliphatic heterocycles. The van der Waals surface area contributed by atoms with Gasteiger partial charge < -0.3 is 14.1 Å². The molecule has 7 heteroatoms. The molecule has 0 radical (unpaired) electrons. The largest absolute Gasteiger partial charge is 0.459 e. The number of ether oxygens (including phenoxy) is 1. The number of carbonyl (C=O) groups is 1. The first kappa shape index (κ1) is 21.4. The van der Waals surface area contributed by atoms with Crippen LogP contribution in [0, 0.1) is 18.3 Å². The maximum Gasteiger partial charge on any atom is 0.339 e. The van der Waals surface area contributed by atoms with Gasteiger partial charge >= 0.3 is 5.97 Å². The Kier molecular flexibility index (Phi) is 5.85. The third-order valence-corrected chi connectivity index (χ3v) is 5.07. The minimum atomic E-state index is -0.495. The van der Waals surface area contributed by atoms with Crippen LogP contribution in [-0.2, 0) is 4.74 Å². The van der Waals surface area contributed by atoms with Crippen LogP contribution in [0.3, 0.4) is 0 Å². The topological polar surface area (TPSA) is 91.9 Å². The minimum Gasteiger partial charge on any atom is -0.459 e. The predicted molar refractivity (Wildman–Crippen MR) is 124 cm³/mol. The fraction of sp³-hybridized carbons (Fsp3) is 0.160. The van der Waals surface area contributed by atoms with Gasteiger partial charge in [-0.05, 0) is 68.8 Å². The van der Waals surface area contributed by atoms with Crippen LogP contribution in [-0.4, -0.2) is 22.0 Å². The lowest BCUT2D eigenvalue weighted by Crippen LogP contribution is -2.12. The van der Waals surface area contributed by atoms with E-state index in [0.717, 1.165) is 16.6 Å². The maximum atomic E-state index is 12.3. The van der Waals surface area contributed by atoms with Gasteiger partial charge in [0.05, 0.1) is 33.3 Å². The number of allylic oxidation sites excluding steroid dienone is 1. The maximum absolute atomic E-state index is 12.3. The molecular formula is C25H20ClN3O3. The number of imidazole rings is 1. The van der Waals surface area contributed by atoms with Gasteiger partial charge in [-0.15, -0.1) is 0 Å². The lowest BCUT2D eigenvalue weighted by molar-refractivity contribution is 0.0378. The zero-order chi connectivity index (χ0) is 22.8. The highest BCUT2D eigenvalue weighted by atomic mass is 35.5. The summed E-state index contributed by atoms with van der Waals surface area (Å²) in [6.07, 6.45) is 1.37. The van der Waals surface area contributed by atoms with E-state index in [9.17, 15) is 10.1 Å². The smallest absolute Gasteiger partial charge is 0.339 e. The van der Waals surface area contributed by atoms with Gasteiger partial charge in [0.1, 0.15) is 23.4 Å². The number of halogens is 1. The highest BCUT2D eigenvalue weighted by Crippen LogP contribution is 2.29. The summed E-state index contributed by atoms with van der Waals surface area (Å²) in [4.78, 5) is 20.0. The summed E-state index contributed by atoms with van der Waals surface area (Å²) in [6, 6.07) is 16.6. The molecule has 0 aliphatic carbocycles. The third-order valence-electron chi connectivity index (χ3n) is 4.74. The van der Waals surface area contributed by atoms with Crippen molar-refractivity contribution in [2.75, 3.05) is 0 Å². The van der Waals surface area contributed by atoms with E-state index in [4.69, 9.17) is 20.8 Å². The van der Waals surface area contributed by atoms with E-state index in [2.05, 4.69) is 16.0 Å². The zero-order valence-electron chi connectivity index (χ0n) is 17.8. The van der Waals surface area contributed by atoms with Crippen LogP contribution < -0.4 is 0 Å². The highest BCUT2D eigenvalue weighted by Gasteiger charge is 2.16. The summed E-state index contributed by atoms with van der Waals surface area (Å²) in [5.41, 5.74) is 4.03. The van der Waals surface area contributed by atoms with Crippen molar-refractivity contribution < 1.29 is 13.9 Å². The number of benzene rings is 2. The number of H-pyrrole nitrogens is 1. The Morgan fingerprint density at radius 1 is 1.22 bits per heavy atom. The molecule has 0 amide bonds. The minimum absolute atomic E-state index is 0.255. The van der Waals surface area contributed by atoms with Crippen molar-refractivity contribution in [2.45, 2.75) is 26.9 Å². The molecular weight excluding hydrogens is 426 g/mol. The van der Waals surface area contributed by atoms with E-state index < -0.39 is 5.97 Å². The molecule has 2 aromatic heterocycles. The van der Waals surface area contributed by atoms with Crippen LogP contribution in [0.25, 0.3) is 34.0 Å². The standard InChI is InChI=1S/C25H20ClN3O3/c1-14(2)31-25(30)19-12-16(5-7-20(19)26)23-9-6-18(32-23)11-17(13-27)24-28-21-8-4-15(3)10-22(21)29-24/h4-12,14H,1-3H3,(H,28,29)/b17-11-. The Hall–Kier alpha value is -3.82. The van der Waals surface area contributed by atoms with Gasteiger partial charge in [0.2, 0.25) is 0 Å². The number of furan rings is 1. The molecule has 32 heavy (non-hydrogen) atoms. The number of aromatic amines is 1. The first-order valence-electron chi connectivity index (χ1n) is 10.0. The molecule has 6 nitrogen and oxygen atoms in total. The number of nitriles is 1. The number of aromatic nitrogens is 2. The van der Waals surface area contributed by atoms with E-state index in [1.54, 1.807) is 50.3 Å². The SMILES string of the molecule is Cc1ccc2nc(/C(C#N)=C\c3ccc(-c4ccc(Cl)c(C(=O)OC(C)C)c4)o3)[nH]c2c1. The van der Waals surface area contributed by atoms with Crippen molar-refractivity contribution >= 4 is 40.3 Å². The summed E-state index contributed by atoms with van der Waals surface area (Å²) in [6.45, 7) is 5.55. The average Bonchev–Trinajstić information content (AvgIpc) is 3.38. The Morgan fingerprint density at radius 3 is 2.78 bits per heavy atom. The molecule has 0 bridgehead atoms. The molecule has 4 aromatic rings. The van der Waals surface area contributed by atoms with Crippen molar-refractivity contribution in [3.8, 4) is 17.4 Å². The molecule has 0 spiro atoms. The van der Waals surface area contributed by atoms with Crippen molar-refractivity contribution in [3.05, 3.63) is 76.3 Å². The fourth-order valence-corrected chi connectivity index (χ4v) is 3.44. The Labute approximate surface area is 190 Å². The first-order valence-corrected chi connectivity index (χ1v) is 10.4. The van der Waals surface area contributed by atoms with Gasteiger partial charge in [0.25, 0.3) is 0 Å². The van der Waals surface area contributed by atoms with E-state index in [-0.39, 0.29) is 11.7 Å². The first-order chi connectivity index (χ1) is 15.3. The number of aryl methyl sites for hydroxylation is 1. The van der Waals surface area contributed by atoms with Crippen molar-refractivity contribution in [2.24, 2.45) is 0 Å². The Balaban J connectivity index is 1.65. The molecule has 0 atom stereocenters. The van der Waals surface area contributed by atoms with Crippen LogP contribution in [0.1, 0.15) is 41.4 Å². The number of hydrogen-bond donors (Lipinski definition) is 1. The van der Waals surface area contributed by atoms with Crippen LogP contribution in [0.4, 0.5) is 0 Å². The lowest BCUT2D eigenvalue weighted by atomic mass is 10.1. The second kappa shape index (κ2) is 8.74. The van der Waals surface area contributed by atoms with E-state index >= 15 is 0 Å². The fourth-order valence-electron chi connectivity index (χ4n) is 3.24. The number of nitrogens with one attached hydrogen (secondary N) is 1. The zero-order valence-corrected chi connectivity index (χ0v) is 18.5. The molecule has 2 heterocycles. The normalized spacial score (nSPS) is 11.7. The molecule has 0 aliphatic rings. The Morgan fingerprint density at radius 2 is 2.03 bits per heavy atom. The van der Waals surface area contributed by atoms with Crippen molar-refractivity contribution in [1.82, 2.24) is 9.97 Å². The Bertz CT molecular complexity index is 1390. The molecule has 1 N–H and O–H groups in total. The number of hydrogen-bond acceptors (Lipinski definition) is 5. The van der Waals surface area contributed by atoms with Crippen LogP contribution in [0.15, 0.2) is 52.9 Å². The summed E-state index contributed by atoms with van der Waals surface area (Å²) < 4.78 is 11.2. The van der Waals surface area contributed by atoms with E-state index in [0.29, 0.717) is 33.5 Å². The molecule has 2 aromatic carbocycles. The third kappa shape index (κ3) is 4.43. The monoisotopic (exact) mass is 445 g/mol. The highest BCUT2D eigenvalue weighted by molar-refractivity contribution is 6.33. The van der Waals surface area contributed by atoms with Gasteiger partial charge in [-0.25, -0.2) is 9.78 Å². The number of fused-ring (bicyclic) bond motifs is 1. The van der Waals surface area contributed by atoms with Gasteiger partial charge in [-0.2, -0.15) is 5.26 Å². The summed E-state index contributed by atoms with van der Waals surface area (Å²) in [5, 5.41) is 9.96. The number of nitrogens with zero attached hydrogens (tertiary/aromatic N) is 2. The van der Waals surface area contributed by atoms with Gasteiger partial charge in [0, 0.05) is 11.6 Å². The summed E-state index contributed by atoms with van der Waals surface area (Å²) >= 11 is 6.18. The lowest BCUT2D eigenvalue weighted by Gasteiger charge is -2.10. The molecule has 4 rings (SSSR count). The number of rotatable bonds is 5. The predicted octanol–water partition coefficient (Wildman–Crippen LogP) is 6.41. The van der Waals surface area contributed by atoms with Crippen molar-refractivity contribution in [3.63, 3.8) is 0 Å². The van der Waals surface area contributed by atoms with E-state index in [1.165, 1.54) is 0 Å². The number of carbonyl (C=O) groups excluding carboxylic acids is 1. The van der Waals surface area contributed by atoms with E-state index in [1.807, 2.05) is 25.1 Å². The van der Waals surface area contributed by atoms with Gasteiger partial charge in [-0.3, -0.25) is 0 Å². The molecule has 0 saturated heterocycles. The summed E-state index contributed by atoms with van der Waals surface area (Å²) in [5.74, 6) is 0.986. The molecule has 0 fully saturated rings. The molecule has 0 unspecified atom stereocenters. The second-order valence-electron chi connectivity index (χ2n) is 7.63. The van der Waals surface area contributed by atoms with Crippen LogP contribution in [0.2, 0.25) is 5.02 Å². The number of esters is 1. The van der Waals surface area contributed by atoms with Crippen LogP contribution >= 0.6 is 11.6 Å². The summed E-state index contributed by atoms with van der Waals surface area (Å²) in [7, 11) is 0. The van der Waals surface area contributed by atoms with Crippen molar-refractivity contribution in [1.29, 1.82) is 5.26 Å². The molecule has 0 saturated carbocycles. The molecule has 160 valence electrons. The quantitative estimate of drug-likeness (QED) is 0.283. The van der Waals surface area contributed by atoms with Gasteiger partial charge in [-0.1, -0.05) is 17.7 Å². The second-order valence-corrected chi connectivity index (χ2v) is 8.03.